The maximum atomic E-state index is 6.32. The predicted octanol–water partition coefficient (Wildman–Crippen LogP) is 4.28. The Balaban J connectivity index is 0.00000176. The summed E-state index contributed by atoms with van der Waals surface area (Å²) in [5.41, 5.74) is 2.62. The lowest BCUT2D eigenvalue weighted by Gasteiger charge is -2.37. The molecule has 1 aliphatic heterocycles. The lowest BCUT2D eigenvalue weighted by molar-refractivity contribution is 0.0902. The molecule has 3 heteroatoms. The van der Waals surface area contributed by atoms with E-state index in [4.69, 9.17) is 4.74 Å². The van der Waals surface area contributed by atoms with Gasteiger partial charge in [0.25, 0.3) is 0 Å². The zero-order valence-corrected chi connectivity index (χ0v) is 14.1. The number of benzene rings is 2. The Morgan fingerprint density at radius 1 is 1.05 bits per heavy atom. The number of aryl methyl sites for hydroxylation is 1. The van der Waals surface area contributed by atoms with E-state index in [0.717, 1.165) is 25.3 Å². The van der Waals surface area contributed by atoms with Crippen LogP contribution in [0.2, 0.25) is 0 Å². The quantitative estimate of drug-likeness (QED) is 0.837. The van der Waals surface area contributed by atoms with E-state index in [1.807, 2.05) is 0 Å². The zero-order valence-electron chi connectivity index (χ0n) is 13.2. The van der Waals surface area contributed by atoms with Crippen LogP contribution in [0.4, 0.5) is 0 Å². The van der Waals surface area contributed by atoms with Crippen molar-refractivity contribution in [3.05, 3.63) is 65.7 Å². The third-order valence-corrected chi connectivity index (χ3v) is 4.26. The standard InChI is InChI=1S/C19H23NO.ClH/c1-15-7-6-10-17(13-15)21-19-11-12-20(2)14-18(19)16-8-4-3-5-9-16;/h3-10,13,18-19H,11-12,14H2,1-2H3;1H/t18-,19+;/m1./s1. The van der Waals surface area contributed by atoms with Crippen molar-refractivity contribution in [3.63, 3.8) is 0 Å². The number of halogens is 1. The molecule has 2 nitrogen and oxygen atoms in total. The normalized spacial score (nSPS) is 21.9. The minimum Gasteiger partial charge on any atom is -0.490 e. The summed E-state index contributed by atoms with van der Waals surface area (Å²) < 4.78 is 6.32. The van der Waals surface area contributed by atoms with Gasteiger partial charge in [-0.2, -0.15) is 0 Å². The van der Waals surface area contributed by atoms with Gasteiger partial charge in [0.1, 0.15) is 11.9 Å². The van der Waals surface area contributed by atoms with Crippen LogP contribution in [-0.4, -0.2) is 31.1 Å². The second-order valence-electron chi connectivity index (χ2n) is 6.04. The van der Waals surface area contributed by atoms with Crippen molar-refractivity contribution < 1.29 is 4.74 Å². The van der Waals surface area contributed by atoms with Crippen molar-refractivity contribution in [2.24, 2.45) is 0 Å². The fraction of sp³-hybridized carbons (Fsp3) is 0.368. The molecule has 0 bridgehead atoms. The van der Waals surface area contributed by atoms with Crippen LogP contribution in [-0.2, 0) is 0 Å². The molecule has 0 aromatic heterocycles. The number of piperidine rings is 1. The van der Waals surface area contributed by atoms with Gasteiger partial charge in [0.2, 0.25) is 0 Å². The predicted molar refractivity (Wildman–Crippen MR) is 94.1 cm³/mol. The molecule has 1 heterocycles. The zero-order chi connectivity index (χ0) is 14.7. The number of hydrogen-bond donors (Lipinski definition) is 0. The van der Waals surface area contributed by atoms with Crippen LogP contribution in [0.5, 0.6) is 5.75 Å². The molecule has 1 aliphatic rings. The molecular formula is C19H24ClNO. The van der Waals surface area contributed by atoms with Crippen LogP contribution in [0.15, 0.2) is 54.6 Å². The van der Waals surface area contributed by atoms with E-state index in [1.165, 1.54) is 11.1 Å². The number of hydrogen-bond acceptors (Lipinski definition) is 2. The highest BCUT2D eigenvalue weighted by Crippen LogP contribution is 2.30. The van der Waals surface area contributed by atoms with Crippen LogP contribution in [0.25, 0.3) is 0 Å². The van der Waals surface area contributed by atoms with Crippen molar-refractivity contribution in [2.75, 3.05) is 20.1 Å². The van der Waals surface area contributed by atoms with E-state index in [-0.39, 0.29) is 18.5 Å². The van der Waals surface area contributed by atoms with E-state index in [1.54, 1.807) is 0 Å². The molecule has 3 rings (SSSR count). The fourth-order valence-electron chi connectivity index (χ4n) is 3.12. The SMILES string of the molecule is Cc1cccc(O[C@H]2CCN(C)C[C@@H]2c2ccccc2)c1.Cl. The monoisotopic (exact) mass is 317 g/mol. The Morgan fingerprint density at radius 3 is 2.55 bits per heavy atom. The minimum absolute atomic E-state index is 0. The van der Waals surface area contributed by atoms with E-state index in [9.17, 15) is 0 Å². The first-order chi connectivity index (χ1) is 10.2. The van der Waals surface area contributed by atoms with Gasteiger partial charge < -0.3 is 9.64 Å². The van der Waals surface area contributed by atoms with Gasteiger partial charge in [0, 0.05) is 19.0 Å². The topological polar surface area (TPSA) is 12.5 Å². The molecule has 0 spiro atoms. The minimum atomic E-state index is 0. The molecule has 1 fully saturated rings. The van der Waals surface area contributed by atoms with Gasteiger partial charge in [-0.05, 0) is 43.7 Å². The van der Waals surface area contributed by atoms with Gasteiger partial charge in [-0.1, -0.05) is 42.5 Å². The van der Waals surface area contributed by atoms with Crippen LogP contribution < -0.4 is 4.74 Å². The van der Waals surface area contributed by atoms with Crippen LogP contribution in [0, 0.1) is 6.92 Å². The number of likely N-dealkylation sites (N-methyl/N-ethyl adjacent to an activating group) is 1. The van der Waals surface area contributed by atoms with Gasteiger partial charge in [0.05, 0.1) is 0 Å². The van der Waals surface area contributed by atoms with Gasteiger partial charge >= 0.3 is 0 Å². The Hall–Kier alpha value is -1.51. The van der Waals surface area contributed by atoms with E-state index >= 15 is 0 Å². The highest BCUT2D eigenvalue weighted by molar-refractivity contribution is 5.85. The molecule has 0 N–H and O–H groups in total. The summed E-state index contributed by atoms with van der Waals surface area (Å²) in [5.74, 6) is 1.43. The molecule has 118 valence electrons. The second-order valence-corrected chi connectivity index (χ2v) is 6.04. The Kier molecular flexibility index (Phi) is 5.87. The van der Waals surface area contributed by atoms with Crippen molar-refractivity contribution in [2.45, 2.75) is 25.4 Å². The molecule has 0 unspecified atom stereocenters. The average molecular weight is 318 g/mol. The first-order valence-electron chi connectivity index (χ1n) is 7.69. The van der Waals surface area contributed by atoms with Crippen molar-refractivity contribution >= 4 is 12.4 Å². The molecule has 1 saturated heterocycles. The molecule has 2 aromatic rings. The van der Waals surface area contributed by atoms with E-state index in [0.29, 0.717) is 5.92 Å². The molecule has 22 heavy (non-hydrogen) atoms. The Labute approximate surface area is 139 Å². The third kappa shape index (κ3) is 4.02. The van der Waals surface area contributed by atoms with Crippen LogP contribution in [0.1, 0.15) is 23.5 Å². The number of ether oxygens (including phenoxy) is 1. The van der Waals surface area contributed by atoms with Gasteiger partial charge in [-0.15, -0.1) is 12.4 Å². The van der Waals surface area contributed by atoms with E-state index < -0.39 is 0 Å². The van der Waals surface area contributed by atoms with Crippen LogP contribution >= 0.6 is 12.4 Å². The molecule has 0 aliphatic carbocycles. The summed E-state index contributed by atoms with van der Waals surface area (Å²) >= 11 is 0. The molecule has 0 radical (unpaired) electrons. The van der Waals surface area contributed by atoms with Crippen molar-refractivity contribution in [1.82, 2.24) is 4.90 Å². The lowest BCUT2D eigenvalue weighted by atomic mass is 9.88. The molecule has 0 amide bonds. The molecule has 0 saturated carbocycles. The van der Waals surface area contributed by atoms with Gasteiger partial charge in [0.15, 0.2) is 0 Å². The first-order valence-corrected chi connectivity index (χ1v) is 7.69. The first kappa shape index (κ1) is 16.9. The highest BCUT2D eigenvalue weighted by atomic mass is 35.5. The number of likely N-dealkylation sites (tertiary alicyclic amines) is 1. The third-order valence-electron chi connectivity index (χ3n) is 4.26. The van der Waals surface area contributed by atoms with Gasteiger partial charge in [-0.25, -0.2) is 0 Å². The fourth-order valence-corrected chi connectivity index (χ4v) is 3.12. The molecule has 2 atom stereocenters. The average Bonchev–Trinajstić information content (AvgIpc) is 2.50. The second kappa shape index (κ2) is 7.66. The summed E-state index contributed by atoms with van der Waals surface area (Å²) in [6, 6.07) is 19.1. The van der Waals surface area contributed by atoms with Crippen molar-refractivity contribution in [1.29, 1.82) is 0 Å². The summed E-state index contributed by atoms with van der Waals surface area (Å²) in [7, 11) is 2.19. The molecule has 2 aromatic carbocycles. The maximum Gasteiger partial charge on any atom is 0.120 e. The Bertz CT molecular complexity index is 587. The summed E-state index contributed by atoms with van der Waals surface area (Å²) in [6.07, 6.45) is 1.33. The number of nitrogens with zero attached hydrogens (tertiary/aromatic N) is 1. The van der Waals surface area contributed by atoms with Crippen LogP contribution in [0.3, 0.4) is 0 Å². The Morgan fingerprint density at radius 2 is 1.82 bits per heavy atom. The summed E-state index contributed by atoms with van der Waals surface area (Å²) in [4.78, 5) is 2.40. The van der Waals surface area contributed by atoms with E-state index in [2.05, 4.69) is 73.5 Å². The molecular weight excluding hydrogens is 294 g/mol. The summed E-state index contributed by atoms with van der Waals surface area (Å²) in [6.45, 7) is 4.26. The smallest absolute Gasteiger partial charge is 0.120 e. The maximum absolute atomic E-state index is 6.32. The number of rotatable bonds is 3. The largest absolute Gasteiger partial charge is 0.490 e. The summed E-state index contributed by atoms with van der Waals surface area (Å²) in [5, 5.41) is 0. The lowest BCUT2D eigenvalue weighted by Crippen LogP contribution is -2.42. The highest BCUT2D eigenvalue weighted by Gasteiger charge is 2.30. The van der Waals surface area contributed by atoms with Crippen molar-refractivity contribution in [3.8, 4) is 5.75 Å². The van der Waals surface area contributed by atoms with Gasteiger partial charge in [-0.3, -0.25) is 0 Å².